The first-order chi connectivity index (χ1) is 15.3. The summed E-state index contributed by atoms with van der Waals surface area (Å²) in [4.78, 5) is 2.33. The van der Waals surface area contributed by atoms with Crippen LogP contribution in [0.2, 0.25) is 0 Å². The largest absolute Gasteiger partial charge is 0.493 e. The fourth-order valence-electron chi connectivity index (χ4n) is 3.50. The molecule has 1 aliphatic heterocycles. The van der Waals surface area contributed by atoms with E-state index in [2.05, 4.69) is 90.8 Å². The molecule has 168 valence electrons. The maximum atomic E-state index is 8.74. The van der Waals surface area contributed by atoms with Crippen LogP contribution >= 0.6 is 0 Å². The number of likely N-dealkylation sites (N-methyl/N-ethyl adjacent to an activating group) is 1. The molecule has 2 N–H and O–H groups in total. The van der Waals surface area contributed by atoms with Crippen molar-refractivity contribution < 1.29 is 22.3 Å². The number of nitrogens with zero attached hydrogens (tertiary/aromatic N) is 1. The summed E-state index contributed by atoms with van der Waals surface area (Å²) < 4.78 is 37.2. The van der Waals surface area contributed by atoms with E-state index in [0.717, 1.165) is 31.9 Å². The number of hydrogen-bond donors (Lipinski definition) is 2. The van der Waals surface area contributed by atoms with Gasteiger partial charge in [-0.1, -0.05) is 78.9 Å². The minimum absolute atomic E-state index is 0.820. The van der Waals surface area contributed by atoms with Crippen LogP contribution in [0, 0.1) is 0 Å². The van der Waals surface area contributed by atoms with Crippen LogP contribution in [-0.4, -0.2) is 42.6 Å². The van der Waals surface area contributed by atoms with E-state index in [9.17, 15) is 0 Å². The van der Waals surface area contributed by atoms with Gasteiger partial charge in [-0.15, -0.1) is 0 Å². The molecule has 4 rings (SSSR count). The van der Waals surface area contributed by atoms with Crippen LogP contribution in [0.5, 0.6) is 5.75 Å². The molecule has 0 atom stereocenters. The van der Waals surface area contributed by atoms with Crippen LogP contribution in [0.4, 0.5) is 0 Å². The van der Waals surface area contributed by atoms with E-state index in [0.29, 0.717) is 0 Å². The van der Waals surface area contributed by atoms with Gasteiger partial charge in [-0.05, 0) is 40.9 Å². The van der Waals surface area contributed by atoms with E-state index in [1.54, 1.807) is 0 Å². The Labute approximate surface area is 189 Å². The Morgan fingerprint density at radius 2 is 1.62 bits per heavy atom. The fraction of sp³-hybridized carbons (Fsp3) is 0.200. The highest BCUT2D eigenvalue weighted by Crippen LogP contribution is 2.26. The molecule has 1 aliphatic rings. The Bertz CT molecular complexity index is 1130. The Morgan fingerprint density at radius 1 is 0.969 bits per heavy atom. The fourth-order valence-corrected chi connectivity index (χ4v) is 3.50. The predicted octanol–water partition coefficient (Wildman–Crippen LogP) is 4.78. The monoisotopic (exact) mass is 453 g/mol. The molecule has 0 spiro atoms. The third-order valence-electron chi connectivity index (χ3n) is 4.95. The van der Waals surface area contributed by atoms with E-state index in [-0.39, 0.29) is 0 Å². The van der Waals surface area contributed by atoms with Crippen molar-refractivity contribution in [2.24, 2.45) is 0 Å². The highest BCUT2D eigenvalue weighted by atomic mass is 32.3. The predicted molar refractivity (Wildman–Crippen MR) is 127 cm³/mol. The molecule has 0 unspecified atom stereocenters. The number of hydrogen-bond acceptors (Lipinski definition) is 4. The summed E-state index contributed by atoms with van der Waals surface area (Å²) in [6, 6.07) is 25.8. The topological polar surface area (TPSA) is 87.1 Å². The summed E-state index contributed by atoms with van der Waals surface area (Å²) in [6.45, 7) is 2.69. The van der Waals surface area contributed by atoms with Gasteiger partial charge in [0.25, 0.3) is 0 Å². The number of benzene rings is 3. The summed E-state index contributed by atoms with van der Waals surface area (Å²) in [7, 11) is -2.51. The lowest BCUT2D eigenvalue weighted by Gasteiger charge is -2.15. The molecule has 0 amide bonds. The first kappa shape index (κ1) is 23.7. The quantitative estimate of drug-likeness (QED) is 0.522. The van der Waals surface area contributed by atoms with Gasteiger partial charge in [0.2, 0.25) is 0 Å². The lowest BCUT2D eigenvalue weighted by molar-refractivity contribution is 0.356. The highest BCUT2D eigenvalue weighted by Gasteiger charge is 2.12. The van der Waals surface area contributed by atoms with Gasteiger partial charge in [-0.2, -0.15) is 8.42 Å². The molecule has 0 bridgehead atoms. The minimum atomic E-state index is -4.67. The van der Waals surface area contributed by atoms with E-state index in [1.807, 2.05) is 6.07 Å². The standard InChI is InChI=1S/C25H25NO.H2O4S/c1-26(19-21-11-14-25-24(18-21)15-17-27-25)16-5-6-20-9-12-23(13-10-20)22-7-3-2-4-8-22;1-5(2,3)4/h2-14,18H,15-17,19H2,1H3;(H2,1,2,3,4)/b6-5+;. The molecule has 0 saturated heterocycles. The van der Waals surface area contributed by atoms with Gasteiger partial charge in [-0.25, -0.2) is 0 Å². The van der Waals surface area contributed by atoms with Crippen molar-refractivity contribution in [3.05, 3.63) is 95.6 Å². The van der Waals surface area contributed by atoms with E-state index >= 15 is 0 Å². The first-order valence-electron chi connectivity index (χ1n) is 10.2. The van der Waals surface area contributed by atoms with Gasteiger partial charge in [0.05, 0.1) is 6.61 Å². The molecule has 0 saturated carbocycles. The lowest BCUT2D eigenvalue weighted by Crippen LogP contribution is -2.17. The Kier molecular flexibility index (Phi) is 8.19. The van der Waals surface area contributed by atoms with Crippen molar-refractivity contribution >= 4 is 16.5 Å². The van der Waals surface area contributed by atoms with Crippen LogP contribution in [0.3, 0.4) is 0 Å². The van der Waals surface area contributed by atoms with Gasteiger partial charge < -0.3 is 4.74 Å². The average Bonchev–Trinajstić information content (AvgIpc) is 3.22. The van der Waals surface area contributed by atoms with E-state index in [4.69, 9.17) is 22.3 Å². The van der Waals surface area contributed by atoms with Crippen molar-refractivity contribution in [3.63, 3.8) is 0 Å². The molecule has 7 heteroatoms. The number of ether oxygens (including phenoxy) is 1. The van der Waals surface area contributed by atoms with Crippen molar-refractivity contribution in [2.75, 3.05) is 20.2 Å². The third kappa shape index (κ3) is 7.94. The maximum absolute atomic E-state index is 8.74. The van der Waals surface area contributed by atoms with Gasteiger partial charge in [-0.3, -0.25) is 14.0 Å². The van der Waals surface area contributed by atoms with Crippen molar-refractivity contribution in [1.82, 2.24) is 4.90 Å². The molecule has 3 aromatic rings. The van der Waals surface area contributed by atoms with Gasteiger partial charge in [0, 0.05) is 19.5 Å². The molecular formula is C25H27NO5S. The molecule has 0 radical (unpaired) electrons. The zero-order valence-electron chi connectivity index (χ0n) is 17.9. The maximum Gasteiger partial charge on any atom is 0.394 e. The summed E-state index contributed by atoms with van der Waals surface area (Å²) >= 11 is 0. The molecule has 6 nitrogen and oxygen atoms in total. The summed E-state index contributed by atoms with van der Waals surface area (Å²) in [5.41, 5.74) is 6.44. The van der Waals surface area contributed by atoms with Crippen LogP contribution in [0.25, 0.3) is 17.2 Å². The summed E-state index contributed by atoms with van der Waals surface area (Å²) in [5, 5.41) is 0. The zero-order valence-corrected chi connectivity index (χ0v) is 18.7. The molecule has 0 aromatic heterocycles. The van der Waals surface area contributed by atoms with Crippen LogP contribution < -0.4 is 4.74 Å². The molecule has 1 heterocycles. The van der Waals surface area contributed by atoms with Crippen LogP contribution in [0.1, 0.15) is 16.7 Å². The number of fused-ring (bicyclic) bond motifs is 1. The Morgan fingerprint density at radius 3 is 2.31 bits per heavy atom. The smallest absolute Gasteiger partial charge is 0.394 e. The second-order valence-corrected chi connectivity index (χ2v) is 8.47. The van der Waals surface area contributed by atoms with Crippen molar-refractivity contribution in [2.45, 2.75) is 13.0 Å². The second-order valence-electron chi connectivity index (χ2n) is 7.58. The van der Waals surface area contributed by atoms with Gasteiger partial charge >= 0.3 is 10.4 Å². The third-order valence-corrected chi connectivity index (χ3v) is 4.95. The first-order valence-corrected chi connectivity index (χ1v) is 11.6. The molecule has 3 aromatic carbocycles. The molecule has 0 aliphatic carbocycles. The molecular weight excluding hydrogens is 426 g/mol. The minimum Gasteiger partial charge on any atom is -0.493 e. The highest BCUT2D eigenvalue weighted by molar-refractivity contribution is 7.79. The Balaban J connectivity index is 0.000000523. The molecule has 0 fully saturated rings. The summed E-state index contributed by atoms with van der Waals surface area (Å²) in [5.74, 6) is 1.06. The summed E-state index contributed by atoms with van der Waals surface area (Å²) in [6.07, 6.45) is 5.46. The molecule has 32 heavy (non-hydrogen) atoms. The van der Waals surface area contributed by atoms with Gasteiger partial charge in [0.15, 0.2) is 0 Å². The number of rotatable bonds is 6. The van der Waals surface area contributed by atoms with Crippen molar-refractivity contribution in [1.29, 1.82) is 0 Å². The lowest BCUT2D eigenvalue weighted by atomic mass is 10.0. The Hall–Kier alpha value is -2.97. The van der Waals surface area contributed by atoms with E-state index < -0.39 is 10.4 Å². The van der Waals surface area contributed by atoms with Gasteiger partial charge in [0.1, 0.15) is 5.75 Å². The average molecular weight is 454 g/mol. The zero-order chi connectivity index (χ0) is 23.0. The van der Waals surface area contributed by atoms with Crippen LogP contribution in [-0.2, 0) is 23.4 Å². The van der Waals surface area contributed by atoms with Crippen molar-refractivity contribution in [3.8, 4) is 16.9 Å². The SMILES string of the molecule is CN(C/C=C/c1ccc(-c2ccccc2)cc1)Cc1ccc2c(c1)CCO2.O=S(=O)(O)O. The second kappa shape index (κ2) is 11.1. The normalized spacial score (nSPS) is 12.9. The van der Waals surface area contributed by atoms with Crippen LogP contribution in [0.15, 0.2) is 78.9 Å². The van der Waals surface area contributed by atoms with E-state index in [1.165, 1.54) is 27.8 Å².